The number of carboxylic acid groups (broad SMARTS) is 1. The third-order valence-corrected chi connectivity index (χ3v) is 2.77. The number of amides is 2. The molecule has 0 aromatic heterocycles. The van der Waals surface area contributed by atoms with E-state index in [1.807, 2.05) is 0 Å². The van der Waals surface area contributed by atoms with Crippen molar-refractivity contribution in [1.29, 1.82) is 0 Å². The molecular weight excluding hydrogens is 263 g/mol. The van der Waals surface area contributed by atoms with E-state index >= 15 is 0 Å². The second kappa shape index (κ2) is 8.14. The van der Waals surface area contributed by atoms with Crippen LogP contribution in [0.2, 0.25) is 0 Å². The minimum atomic E-state index is -0.829. The molecule has 2 amide bonds. The van der Waals surface area contributed by atoms with Gasteiger partial charge >= 0.3 is 12.0 Å². The zero-order valence-corrected chi connectivity index (χ0v) is 11.4. The number of hydrogen-bond donors (Lipinski definition) is 2. The van der Waals surface area contributed by atoms with E-state index < -0.39 is 5.97 Å². The summed E-state index contributed by atoms with van der Waals surface area (Å²) >= 11 is 0. The summed E-state index contributed by atoms with van der Waals surface area (Å²) in [5.74, 6) is -1.14. The molecule has 0 atom stereocenters. The zero-order valence-electron chi connectivity index (χ0n) is 11.4. The van der Waals surface area contributed by atoms with Crippen LogP contribution in [0, 0.1) is 5.82 Å². The fraction of sp³-hybridized carbons (Fsp3) is 0.429. The maximum Gasteiger partial charge on any atom is 0.317 e. The Hall–Kier alpha value is -2.11. The van der Waals surface area contributed by atoms with E-state index in [4.69, 9.17) is 5.11 Å². The molecular formula is C14H19FN2O3. The van der Waals surface area contributed by atoms with Crippen molar-refractivity contribution >= 4 is 12.0 Å². The van der Waals surface area contributed by atoms with Crippen LogP contribution in [0.1, 0.15) is 24.8 Å². The Balaban J connectivity index is 2.25. The first kappa shape index (κ1) is 15.9. The second-order valence-corrected chi connectivity index (χ2v) is 4.57. The van der Waals surface area contributed by atoms with Gasteiger partial charge in [0.25, 0.3) is 0 Å². The number of nitrogens with one attached hydrogen (secondary N) is 1. The summed E-state index contributed by atoms with van der Waals surface area (Å²) in [6.45, 7) is 0.834. The van der Waals surface area contributed by atoms with Gasteiger partial charge in [-0.15, -0.1) is 0 Å². The van der Waals surface area contributed by atoms with Gasteiger partial charge in [-0.3, -0.25) is 4.79 Å². The normalized spacial score (nSPS) is 10.1. The average molecular weight is 282 g/mol. The van der Waals surface area contributed by atoms with Crippen LogP contribution in [0.25, 0.3) is 0 Å². The number of rotatable bonds is 7. The van der Waals surface area contributed by atoms with Crippen molar-refractivity contribution < 1.29 is 19.1 Å². The first-order chi connectivity index (χ1) is 9.49. The number of halogens is 1. The Morgan fingerprint density at radius 1 is 1.25 bits per heavy atom. The number of hydrogen-bond acceptors (Lipinski definition) is 2. The lowest BCUT2D eigenvalue weighted by Crippen LogP contribution is -2.37. The largest absolute Gasteiger partial charge is 0.481 e. The highest BCUT2D eigenvalue weighted by Gasteiger charge is 2.08. The maximum absolute atomic E-state index is 12.7. The Kier molecular flexibility index (Phi) is 6.49. The van der Waals surface area contributed by atoms with Gasteiger partial charge in [0, 0.05) is 26.6 Å². The van der Waals surface area contributed by atoms with Gasteiger partial charge in [0.1, 0.15) is 5.82 Å². The predicted molar refractivity (Wildman–Crippen MR) is 72.8 cm³/mol. The molecule has 1 aromatic rings. The molecule has 0 bridgehead atoms. The van der Waals surface area contributed by atoms with Crippen molar-refractivity contribution in [2.45, 2.75) is 25.8 Å². The Bertz CT molecular complexity index is 448. The fourth-order valence-electron chi connectivity index (χ4n) is 1.67. The molecule has 0 radical (unpaired) electrons. The van der Waals surface area contributed by atoms with Crippen LogP contribution in [0.5, 0.6) is 0 Å². The molecule has 0 aliphatic carbocycles. The number of nitrogens with zero attached hydrogens (tertiary/aromatic N) is 1. The van der Waals surface area contributed by atoms with Crippen molar-refractivity contribution in [1.82, 2.24) is 10.2 Å². The highest BCUT2D eigenvalue weighted by atomic mass is 19.1. The van der Waals surface area contributed by atoms with E-state index in [0.717, 1.165) is 5.56 Å². The number of aliphatic carboxylic acids is 1. The topological polar surface area (TPSA) is 69.6 Å². The summed E-state index contributed by atoms with van der Waals surface area (Å²) < 4.78 is 12.7. The third kappa shape index (κ3) is 6.17. The van der Waals surface area contributed by atoms with Gasteiger partial charge < -0.3 is 15.3 Å². The monoisotopic (exact) mass is 282 g/mol. The molecule has 0 spiro atoms. The van der Waals surface area contributed by atoms with Crippen LogP contribution >= 0.6 is 0 Å². The number of carbonyl (C=O) groups is 2. The fourth-order valence-corrected chi connectivity index (χ4v) is 1.67. The number of carbonyl (C=O) groups excluding carboxylic acids is 1. The summed E-state index contributed by atoms with van der Waals surface area (Å²) in [6.07, 6.45) is 1.28. The molecule has 1 aromatic carbocycles. The van der Waals surface area contributed by atoms with Crippen molar-refractivity contribution in [3.63, 3.8) is 0 Å². The van der Waals surface area contributed by atoms with Crippen LogP contribution in [-0.4, -0.2) is 35.6 Å². The first-order valence-corrected chi connectivity index (χ1v) is 6.44. The minimum Gasteiger partial charge on any atom is -0.481 e. The molecule has 0 unspecified atom stereocenters. The molecule has 0 aliphatic rings. The number of benzene rings is 1. The highest BCUT2D eigenvalue weighted by molar-refractivity contribution is 5.73. The van der Waals surface area contributed by atoms with Crippen molar-refractivity contribution in [2.75, 3.05) is 13.6 Å². The number of carboxylic acids is 1. The number of unbranched alkanes of at least 4 members (excludes halogenated alkanes) is 1. The van der Waals surface area contributed by atoms with Crippen LogP contribution < -0.4 is 5.32 Å². The van der Waals surface area contributed by atoms with Gasteiger partial charge in [0.05, 0.1) is 0 Å². The second-order valence-electron chi connectivity index (χ2n) is 4.57. The Labute approximate surface area is 117 Å². The average Bonchev–Trinajstić information content (AvgIpc) is 2.40. The maximum atomic E-state index is 12.7. The standard InChI is InChI=1S/C14H19FN2O3/c1-17(10-11-5-7-12(15)8-6-11)14(20)16-9-3-2-4-13(18)19/h5-8H,2-4,9-10H2,1H3,(H,16,20)(H,18,19). The number of urea groups is 1. The molecule has 0 heterocycles. The van der Waals surface area contributed by atoms with Gasteiger partial charge in [-0.1, -0.05) is 12.1 Å². The molecule has 6 heteroatoms. The predicted octanol–water partition coefficient (Wildman–Crippen LogP) is 2.22. The van der Waals surface area contributed by atoms with Crippen molar-refractivity contribution in [3.05, 3.63) is 35.6 Å². The highest BCUT2D eigenvalue weighted by Crippen LogP contribution is 2.05. The van der Waals surface area contributed by atoms with E-state index in [2.05, 4.69) is 5.32 Å². The van der Waals surface area contributed by atoms with Gasteiger partial charge in [0.2, 0.25) is 0 Å². The van der Waals surface area contributed by atoms with Crippen molar-refractivity contribution in [2.24, 2.45) is 0 Å². The summed E-state index contributed by atoms with van der Waals surface area (Å²) in [5, 5.41) is 11.2. The lowest BCUT2D eigenvalue weighted by Gasteiger charge is -2.18. The minimum absolute atomic E-state index is 0.112. The summed E-state index contributed by atoms with van der Waals surface area (Å²) in [6, 6.07) is 5.74. The van der Waals surface area contributed by atoms with E-state index in [9.17, 15) is 14.0 Å². The zero-order chi connectivity index (χ0) is 15.0. The molecule has 5 nitrogen and oxygen atoms in total. The van der Waals surface area contributed by atoms with E-state index in [1.165, 1.54) is 17.0 Å². The smallest absolute Gasteiger partial charge is 0.317 e. The lowest BCUT2D eigenvalue weighted by molar-refractivity contribution is -0.137. The molecule has 0 aliphatic heterocycles. The first-order valence-electron chi connectivity index (χ1n) is 6.44. The lowest BCUT2D eigenvalue weighted by atomic mass is 10.2. The Morgan fingerprint density at radius 2 is 1.90 bits per heavy atom. The van der Waals surface area contributed by atoms with E-state index in [1.54, 1.807) is 19.2 Å². The molecule has 1 rings (SSSR count). The third-order valence-electron chi connectivity index (χ3n) is 2.77. The SMILES string of the molecule is CN(Cc1ccc(F)cc1)C(=O)NCCCCC(=O)O. The molecule has 0 saturated carbocycles. The van der Waals surface area contributed by atoms with Crippen molar-refractivity contribution in [3.8, 4) is 0 Å². The molecule has 0 saturated heterocycles. The Morgan fingerprint density at radius 3 is 2.50 bits per heavy atom. The molecule has 110 valence electrons. The van der Waals surface area contributed by atoms with Crippen LogP contribution in [0.15, 0.2) is 24.3 Å². The quantitative estimate of drug-likeness (QED) is 0.753. The van der Waals surface area contributed by atoms with E-state index in [0.29, 0.717) is 25.9 Å². The molecule has 0 fully saturated rings. The van der Waals surface area contributed by atoms with Crippen LogP contribution in [-0.2, 0) is 11.3 Å². The van der Waals surface area contributed by atoms with Gasteiger partial charge in [0.15, 0.2) is 0 Å². The molecule has 20 heavy (non-hydrogen) atoms. The molecule has 2 N–H and O–H groups in total. The van der Waals surface area contributed by atoms with Crippen LogP contribution in [0.4, 0.5) is 9.18 Å². The summed E-state index contributed by atoms with van der Waals surface area (Å²) in [5.41, 5.74) is 0.843. The van der Waals surface area contributed by atoms with Gasteiger partial charge in [-0.2, -0.15) is 0 Å². The van der Waals surface area contributed by atoms with Crippen LogP contribution in [0.3, 0.4) is 0 Å². The van der Waals surface area contributed by atoms with E-state index in [-0.39, 0.29) is 18.3 Å². The van der Waals surface area contributed by atoms with Gasteiger partial charge in [-0.25, -0.2) is 9.18 Å². The summed E-state index contributed by atoms with van der Waals surface area (Å²) in [7, 11) is 1.65. The van der Waals surface area contributed by atoms with Gasteiger partial charge in [-0.05, 0) is 30.5 Å². The summed E-state index contributed by atoms with van der Waals surface area (Å²) in [4.78, 5) is 23.5.